The molecule has 0 fully saturated rings. The molecule has 6 heteroatoms. The number of aromatic nitrogens is 2. The molecule has 2 N–H and O–H groups in total. The Hall–Kier alpha value is -3.28. The number of allylic oxidation sites excluding steroid dienone is 3. The standard InChI is InChI=1S/C23H24N4O2/c1-14-19(22(29)27-18-6-4-5-9-25-18)20(15-7-10-24-11-8-15)21-16(26-14)12-23(2,3)13-17(21)28/h4-11,20,26H,12-13H2,1-3H3,(H,25,27,29)/t20-/m0/s1. The first-order valence-electron chi connectivity index (χ1n) is 9.72. The first-order chi connectivity index (χ1) is 13.9. The van der Waals surface area contributed by atoms with Crippen molar-refractivity contribution in [1.82, 2.24) is 15.3 Å². The Bertz CT molecular complexity index is 1020. The number of dihydropyridines is 1. The minimum absolute atomic E-state index is 0.0844. The monoisotopic (exact) mass is 388 g/mol. The van der Waals surface area contributed by atoms with E-state index in [4.69, 9.17) is 0 Å². The van der Waals surface area contributed by atoms with Gasteiger partial charge in [-0.1, -0.05) is 19.9 Å². The van der Waals surface area contributed by atoms with Crippen molar-refractivity contribution in [2.75, 3.05) is 5.32 Å². The number of Topliss-reactive ketones (excluding diaryl/α,β-unsaturated/α-hetero) is 1. The lowest BCUT2D eigenvalue weighted by Crippen LogP contribution is -2.39. The number of rotatable bonds is 3. The lowest BCUT2D eigenvalue weighted by atomic mass is 9.68. The van der Waals surface area contributed by atoms with Crippen LogP contribution in [0.5, 0.6) is 0 Å². The summed E-state index contributed by atoms with van der Waals surface area (Å²) in [5.74, 6) is -0.135. The molecule has 0 radical (unpaired) electrons. The van der Waals surface area contributed by atoms with Gasteiger partial charge in [0.1, 0.15) is 5.82 Å². The summed E-state index contributed by atoms with van der Waals surface area (Å²) in [5, 5.41) is 6.23. The molecule has 2 aromatic heterocycles. The van der Waals surface area contributed by atoms with Gasteiger partial charge in [-0.3, -0.25) is 14.6 Å². The van der Waals surface area contributed by atoms with E-state index in [2.05, 4.69) is 34.4 Å². The number of carbonyl (C=O) groups excluding carboxylic acids is 2. The third-order valence-electron chi connectivity index (χ3n) is 5.43. The van der Waals surface area contributed by atoms with Crippen LogP contribution in [-0.4, -0.2) is 21.7 Å². The van der Waals surface area contributed by atoms with E-state index in [0.29, 0.717) is 23.4 Å². The highest BCUT2D eigenvalue weighted by Gasteiger charge is 2.42. The lowest BCUT2D eigenvalue weighted by Gasteiger charge is -2.39. The fourth-order valence-electron chi connectivity index (χ4n) is 4.25. The van der Waals surface area contributed by atoms with Gasteiger partial charge in [-0.15, -0.1) is 0 Å². The zero-order valence-corrected chi connectivity index (χ0v) is 16.8. The van der Waals surface area contributed by atoms with Crippen LogP contribution in [0.2, 0.25) is 0 Å². The molecule has 29 heavy (non-hydrogen) atoms. The number of amides is 1. The number of nitrogens with one attached hydrogen (secondary N) is 2. The second kappa shape index (κ2) is 7.28. The summed E-state index contributed by atoms with van der Waals surface area (Å²) in [6.45, 7) is 6.08. The van der Waals surface area contributed by atoms with Crippen molar-refractivity contribution in [3.63, 3.8) is 0 Å². The number of hydrogen-bond donors (Lipinski definition) is 2. The van der Waals surface area contributed by atoms with Gasteiger partial charge >= 0.3 is 0 Å². The Morgan fingerprint density at radius 2 is 1.90 bits per heavy atom. The van der Waals surface area contributed by atoms with Crippen LogP contribution >= 0.6 is 0 Å². The Morgan fingerprint density at radius 3 is 2.59 bits per heavy atom. The van der Waals surface area contributed by atoms with Gasteiger partial charge < -0.3 is 10.6 Å². The number of ketones is 1. The van der Waals surface area contributed by atoms with Crippen LogP contribution in [0.25, 0.3) is 0 Å². The van der Waals surface area contributed by atoms with Crippen molar-refractivity contribution >= 4 is 17.5 Å². The molecular weight excluding hydrogens is 364 g/mol. The van der Waals surface area contributed by atoms with Crippen LogP contribution in [-0.2, 0) is 9.59 Å². The fourth-order valence-corrected chi connectivity index (χ4v) is 4.25. The minimum atomic E-state index is -0.429. The molecule has 2 aromatic rings. The second-order valence-electron chi connectivity index (χ2n) is 8.38. The van der Waals surface area contributed by atoms with E-state index in [-0.39, 0.29) is 17.1 Å². The van der Waals surface area contributed by atoms with Crippen LogP contribution in [0, 0.1) is 5.41 Å². The highest BCUT2D eigenvalue weighted by atomic mass is 16.2. The summed E-state index contributed by atoms with van der Waals surface area (Å²) in [4.78, 5) is 34.7. The molecule has 0 bridgehead atoms. The summed E-state index contributed by atoms with van der Waals surface area (Å²) in [6, 6.07) is 9.09. The van der Waals surface area contributed by atoms with Gasteiger partial charge in [-0.2, -0.15) is 0 Å². The van der Waals surface area contributed by atoms with Crippen molar-refractivity contribution in [3.8, 4) is 0 Å². The van der Waals surface area contributed by atoms with E-state index in [1.165, 1.54) is 0 Å². The van der Waals surface area contributed by atoms with E-state index in [0.717, 1.165) is 23.4 Å². The van der Waals surface area contributed by atoms with Crippen LogP contribution in [0.4, 0.5) is 5.82 Å². The molecule has 1 atom stereocenters. The Balaban J connectivity index is 1.80. The van der Waals surface area contributed by atoms with Gasteiger partial charge in [0.2, 0.25) is 0 Å². The third kappa shape index (κ3) is 3.70. The Labute approximate surface area is 170 Å². The molecule has 148 valence electrons. The molecule has 0 saturated heterocycles. The van der Waals surface area contributed by atoms with Crippen molar-refractivity contribution < 1.29 is 9.59 Å². The zero-order chi connectivity index (χ0) is 20.6. The fraction of sp³-hybridized carbons (Fsp3) is 0.304. The van der Waals surface area contributed by atoms with Crippen LogP contribution in [0.3, 0.4) is 0 Å². The maximum atomic E-state index is 13.3. The predicted octanol–water partition coefficient (Wildman–Crippen LogP) is 3.72. The van der Waals surface area contributed by atoms with Gasteiger partial charge in [0.05, 0.1) is 0 Å². The van der Waals surface area contributed by atoms with E-state index in [1.807, 2.05) is 25.1 Å². The van der Waals surface area contributed by atoms with Gasteiger partial charge in [0.25, 0.3) is 5.91 Å². The second-order valence-corrected chi connectivity index (χ2v) is 8.38. The number of carbonyl (C=O) groups is 2. The quantitative estimate of drug-likeness (QED) is 0.837. The topological polar surface area (TPSA) is 84.0 Å². The van der Waals surface area contributed by atoms with Crippen molar-refractivity contribution in [2.45, 2.75) is 39.5 Å². The maximum Gasteiger partial charge on any atom is 0.255 e. The van der Waals surface area contributed by atoms with Gasteiger partial charge in [0, 0.05) is 53.5 Å². The highest BCUT2D eigenvalue weighted by Crippen LogP contribution is 2.46. The first-order valence-corrected chi connectivity index (χ1v) is 9.72. The molecule has 4 rings (SSSR count). The molecule has 0 unspecified atom stereocenters. The van der Waals surface area contributed by atoms with E-state index >= 15 is 0 Å². The molecule has 1 aliphatic heterocycles. The summed E-state index contributed by atoms with van der Waals surface area (Å²) < 4.78 is 0. The highest BCUT2D eigenvalue weighted by molar-refractivity contribution is 6.09. The van der Waals surface area contributed by atoms with Crippen LogP contribution in [0.15, 0.2) is 71.5 Å². The molecule has 6 nitrogen and oxygen atoms in total. The SMILES string of the molecule is CC1=C(C(=O)Nc2ccccn2)[C@H](c2ccncc2)C2=C(CC(C)(C)CC2=O)N1. The summed E-state index contributed by atoms with van der Waals surface area (Å²) >= 11 is 0. The predicted molar refractivity (Wildman–Crippen MR) is 111 cm³/mol. The molecule has 3 heterocycles. The van der Waals surface area contributed by atoms with Crippen molar-refractivity contribution in [3.05, 3.63) is 77.0 Å². The maximum absolute atomic E-state index is 13.3. The molecule has 0 spiro atoms. The summed E-state index contributed by atoms with van der Waals surface area (Å²) in [7, 11) is 0. The summed E-state index contributed by atoms with van der Waals surface area (Å²) in [5.41, 5.74) is 3.66. The van der Waals surface area contributed by atoms with Crippen molar-refractivity contribution in [1.29, 1.82) is 0 Å². The number of pyridine rings is 2. The number of nitrogens with zero attached hydrogens (tertiary/aromatic N) is 2. The van der Waals surface area contributed by atoms with Crippen LogP contribution in [0.1, 0.15) is 45.1 Å². The average Bonchev–Trinajstić information content (AvgIpc) is 2.67. The Morgan fingerprint density at radius 1 is 1.14 bits per heavy atom. The van der Waals surface area contributed by atoms with E-state index < -0.39 is 5.92 Å². The van der Waals surface area contributed by atoms with Gasteiger partial charge in [0.15, 0.2) is 5.78 Å². The van der Waals surface area contributed by atoms with Gasteiger partial charge in [-0.25, -0.2) is 4.98 Å². The first kappa shape index (κ1) is 19.1. The normalized spacial score (nSPS) is 20.8. The molecule has 0 aromatic carbocycles. The summed E-state index contributed by atoms with van der Waals surface area (Å²) in [6.07, 6.45) is 6.24. The van der Waals surface area contributed by atoms with E-state index in [9.17, 15) is 9.59 Å². The largest absolute Gasteiger partial charge is 0.362 e. The molecule has 2 aliphatic rings. The molecular formula is C23H24N4O2. The minimum Gasteiger partial charge on any atom is -0.362 e. The molecule has 1 amide bonds. The zero-order valence-electron chi connectivity index (χ0n) is 16.8. The van der Waals surface area contributed by atoms with Crippen molar-refractivity contribution in [2.24, 2.45) is 5.41 Å². The lowest BCUT2D eigenvalue weighted by molar-refractivity contribution is -0.118. The number of anilines is 1. The number of hydrogen-bond acceptors (Lipinski definition) is 5. The van der Waals surface area contributed by atoms with Crippen LogP contribution < -0.4 is 10.6 Å². The Kier molecular flexibility index (Phi) is 4.78. The molecule has 1 aliphatic carbocycles. The van der Waals surface area contributed by atoms with Gasteiger partial charge in [-0.05, 0) is 48.6 Å². The third-order valence-corrected chi connectivity index (χ3v) is 5.43. The molecule has 0 saturated carbocycles. The smallest absolute Gasteiger partial charge is 0.255 e. The average molecular weight is 388 g/mol. The van der Waals surface area contributed by atoms with E-state index in [1.54, 1.807) is 30.7 Å².